The van der Waals surface area contributed by atoms with Gasteiger partial charge in [-0.15, -0.1) is 11.3 Å². The van der Waals surface area contributed by atoms with Crippen LogP contribution in [0.4, 0.5) is 0 Å². The van der Waals surface area contributed by atoms with Crippen LogP contribution in [0.15, 0.2) is 47.8 Å². The van der Waals surface area contributed by atoms with Gasteiger partial charge in [-0.3, -0.25) is 9.69 Å². The van der Waals surface area contributed by atoms with Gasteiger partial charge in [0.05, 0.1) is 6.61 Å². The molecule has 0 N–H and O–H groups in total. The molecule has 1 aliphatic rings. The SMILES string of the molecule is CC(c1cccs1)N1CCN(C(=O)CCCOc2ccccc2)CC1. The summed E-state index contributed by atoms with van der Waals surface area (Å²) in [6, 6.07) is 14.5. The largest absolute Gasteiger partial charge is 0.494 e. The number of rotatable bonds is 7. The third-order valence-electron chi connectivity index (χ3n) is 4.72. The lowest BCUT2D eigenvalue weighted by Crippen LogP contribution is -2.49. The first kappa shape index (κ1) is 18.0. The molecule has 0 spiro atoms. The Morgan fingerprint density at radius 2 is 1.88 bits per heavy atom. The highest BCUT2D eigenvalue weighted by molar-refractivity contribution is 7.10. The van der Waals surface area contributed by atoms with Gasteiger partial charge in [0.1, 0.15) is 5.75 Å². The summed E-state index contributed by atoms with van der Waals surface area (Å²) >= 11 is 1.81. The lowest BCUT2D eigenvalue weighted by molar-refractivity contribution is -0.133. The minimum Gasteiger partial charge on any atom is -0.494 e. The highest BCUT2D eigenvalue weighted by Crippen LogP contribution is 2.25. The van der Waals surface area contributed by atoms with Crippen LogP contribution in [0.2, 0.25) is 0 Å². The summed E-state index contributed by atoms with van der Waals surface area (Å²) in [6.07, 6.45) is 1.33. The van der Waals surface area contributed by atoms with Gasteiger partial charge in [-0.25, -0.2) is 0 Å². The predicted molar refractivity (Wildman–Crippen MR) is 102 cm³/mol. The van der Waals surface area contributed by atoms with Crippen LogP contribution in [-0.2, 0) is 4.79 Å². The number of nitrogens with zero attached hydrogens (tertiary/aromatic N) is 2. The Bertz CT molecular complexity index is 637. The maximum absolute atomic E-state index is 12.4. The van der Waals surface area contributed by atoms with Crippen molar-refractivity contribution >= 4 is 17.2 Å². The maximum atomic E-state index is 12.4. The molecule has 0 radical (unpaired) electrons. The molecule has 3 rings (SSSR count). The van der Waals surface area contributed by atoms with Crippen LogP contribution in [0.3, 0.4) is 0 Å². The second-order valence-electron chi connectivity index (χ2n) is 6.37. The maximum Gasteiger partial charge on any atom is 0.222 e. The van der Waals surface area contributed by atoms with E-state index in [2.05, 4.69) is 29.3 Å². The molecule has 1 aliphatic heterocycles. The van der Waals surface area contributed by atoms with E-state index in [0.29, 0.717) is 19.1 Å². The molecule has 0 aliphatic carbocycles. The number of benzene rings is 1. The van der Waals surface area contributed by atoms with Crippen molar-refractivity contribution < 1.29 is 9.53 Å². The second-order valence-corrected chi connectivity index (χ2v) is 7.35. The Morgan fingerprint density at radius 3 is 2.56 bits per heavy atom. The van der Waals surface area contributed by atoms with E-state index in [0.717, 1.165) is 38.3 Å². The summed E-state index contributed by atoms with van der Waals surface area (Å²) in [7, 11) is 0. The Morgan fingerprint density at radius 1 is 1.12 bits per heavy atom. The van der Waals surface area contributed by atoms with Gasteiger partial charge >= 0.3 is 0 Å². The molecule has 1 saturated heterocycles. The Kier molecular flexibility index (Phi) is 6.48. The fourth-order valence-corrected chi connectivity index (χ4v) is 3.97. The van der Waals surface area contributed by atoms with E-state index in [1.165, 1.54) is 4.88 Å². The summed E-state index contributed by atoms with van der Waals surface area (Å²) in [4.78, 5) is 18.2. The third-order valence-corrected chi connectivity index (χ3v) is 5.76. The number of para-hydroxylation sites is 1. The topological polar surface area (TPSA) is 32.8 Å². The zero-order valence-corrected chi connectivity index (χ0v) is 15.6. The van der Waals surface area contributed by atoms with E-state index in [1.54, 1.807) is 0 Å². The fourth-order valence-electron chi connectivity index (χ4n) is 3.16. The molecule has 1 unspecified atom stereocenters. The van der Waals surface area contributed by atoms with Crippen LogP contribution in [0.5, 0.6) is 5.75 Å². The molecule has 4 nitrogen and oxygen atoms in total. The highest BCUT2D eigenvalue weighted by Gasteiger charge is 2.24. The fraction of sp³-hybridized carbons (Fsp3) is 0.450. The molecule has 5 heteroatoms. The zero-order chi connectivity index (χ0) is 17.5. The summed E-state index contributed by atoms with van der Waals surface area (Å²) in [5.74, 6) is 1.12. The van der Waals surface area contributed by atoms with E-state index in [9.17, 15) is 4.79 Å². The van der Waals surface area contributed by atoms with Crippen molar-refractivity contribution in [1.82, 2.24) is 9.80 Å². The van der Waals surface area contributed by atoms with E-state index in [-0.39, 0.29) is 5.91 Å². The van der Waals surface area contributed by atoms with Crippen LogP contribution >= 0.6 is 11.3 Å². The van der Waals surface area contributed by atoms with Crippen molar-refractivity contribution in [3.63, 3.8) is 0 Å². The van der Waals surface area contributed by atoms with Crippen molar-refractivity contribution in [2.45, 2.75) is 25.8 Å². The number of hydrogen-bond donors (Lipinski definition) is 0. The van der Waals surface area contributed by atoms with Gasteiger partial charge in [0, 0.05) is 43.5 Å². The summed E-state index contributed by atoms with van der Waals surface area (Å²) in [5.41, 5.74) is 0. The highest BCUT2D eigenvalue weighted by atomic mass is 32.1. The molecule has 0 saturated carbocycles. The van der Waals surface area contributed by atoms with Gasteiger partial charge in [0.15, 0.2) is 0 Å². The third kappa shape index (κ3) is 5.06. The zero-order valence-electron chi connectivity index (χ0n) is 14.8. The van der Waals surface area contributed by atoms with Crippen molar-refractivity contribution in [3.8, 4) is 5.75 Å². The minimum atomic E-state index is 0.250. The molecule has 1 atom stereocenters. The lowest BCUT2D eigenvalue weighted by Gasteiger charge is -2.37. The molecular weight excluding hydrogens is 332 g/mol. The number of piperazine rings is 1. The number of hydrogen-bond acceptors (Lipinski definition) is 4. The monoisotopic (exact) mass is 358 g/mol. The van der Waals surface area contributed by atoms with Crippen molar-refractivity contribution in [2.75, 3.05) is 32.8 Å². The van der Waals surface area contributed by atoms with Crippen LogP contribution in [0.25, 0.3) is 0 Å². The summed E-state index contributed by atoms with van der Waals surface area (Å²) in [5, 5.41) is 2.13. The van der Waals surface area contributed by atoms with Gasteiger partial charge in [0.25, 0.3) is 0 Å². The quantitative estimate of drug-likeness (QED) is 0.706. The molecule has 0 bridgehead atoms. The van der Waals surface area contributed by atoms with Crippen LogP contribution < -0.4 is 4.74 Å². The van der Waals surface area contributed by atoms with Crippen LogP contribution in [0, 0.1) is 0 Å². The summed E-state index contributed by atoms with van der Waals surface area (Å²) < 4.78 is 5.66. The molecule has 134 valence electrons. The van der Waals surface area contributed by atoms with Gasteiger partial charge in [-0.1, -0.05) is 24.3 Å². The normalized spacial score (nSPS) is 16.6. The van der Waals surface area contributed by atoms with Gasteiger partial charge in [-0.2, -0.15) is 0 Å². The van der Waals surface area contributed by atoms with E-state index in [1.807, 2.05) is 46.6 Å². The average molecular weight is 359 g/mol. The van der Waals surface area contributed by atoms with E-state index in [4.69, 9.17) is 4.74 Å². The second kappa shape index (κ2) is 9.02. The number of ether oxygens (including phenoxy) is 1. The summed E-state index contributed by atoms with van der Waals surface area (Å²) in [6.45, 7) is 6.40. The Labute approximate surface area is 154 Å². The molecule has 1 aromatic heterocycles. The molecule has 1 aromatic carbocycles. The first-order valence-electron chi connectivity index (χ1n) is 8.97. The number of carbonyl (C=O) groups is 1. The molecule has 25 heavy (non-hydrogen) atoms. The first-order valence-corrected chi connectivity index (χ1v) is 9.85. The van der Waals surface area contributed by atoms with E-state index >= 15 is 0 Å². The number of carbonyl (C=O) groups excluding carboxylic acids is 1. The molecule has 2 heterocycles. The van der Waals surface area contributed by atoms with Crippen molar-refractivity contribution in [2.24, 2.45) is 0 Å². The average Bonchev–Trinajstić information content (AvgIpc) is 3.20. The van der Waals surface area contributed by atoms with Gasteiger partial charge in [0.2, 0.25) is 5.91 Å². The molecule has 2 aromatic rings. The molecule has 1 amide bonds. The Hall–Kier alpha value is -1.85. The van der Waals surface area contributed by atoms with Crippen molar-refractivity contribution in [3.05, 3.63) is 52.7 Å². The van der Waals surface area contributed by atoms with Crippen molar-refractivity contribution in [1.29, 1.82) is 0 Å². The standard InChI is InChI=1S/C20H26N2O2S/c1-17(19-9-6-16-25-19)21-11-13-22(14-12-21)20(23)10-5-15-24-18-7-3-2-4-8-18/h2-4,6-9,16-17H,5,10-15H2,1H3. The number of amides is 1. The molecule has 1 fully saturated rings. The minimum absolute atomic E-state index is 0.250. The predicted octanol–water partition coefficient (Wildman–Crippen LogP) is 3.81. The lowest BCUT2D eigenvalue weighted by atomic mass is 10.2. The number of thiophene rings is 1. The molecular formula is C20H26N2O2S. The van der Waals surface area contributed by atoms with Gasteiger partial charge < -0.3 is 9.64 Å². The van der Waals surface area contributed by atoms with Crippen LogP contribution in [-0.4, -0.2) is 48.5 Å². The Balaban J connectivity index is 1.35. The smallest absolute Gasteiger partial charge is 0.222 e. The van der Waals surface area contributed by atoms with E-state index < -0.39 is 0 Å². The first-order chi connectivity index (χ1) is 12.2. The van der Waals surface area contributed by atoms with Crippen LogP contribution in [0.1, 0.15) is 30.7 Å². The van der Waals surface area contributed by atoms with Gasteiger partial charge in [-0.05, 0) is 36.9 Å².